The quantitative estimate of drug-likeness (QED) is 0.650. The van der Waals surface area contributed by atoms with Gasteiger partial charge in [0, 0.05) is 11.1 Å². The van der Waals surface area contributed by atoms with Crippen molar-refractivity contribution >= 4 is 0 Å². The number of nitrogens with one attached hydrogen (secondary N) is 1. The van der Waals surface area contributed by atoms with Crippen molar-refractivity contribution in [3.8, 4) is 0 Å². The zero-order chi connectivity index (χ0) is 13.7. The van der Waals surface area contributed by atoms with E-state index in [1.165, 1.54) is 12.8 Å². The Morgan fingerprint density at radius 3 is 1.76 bits per heavy atom. The molecule has 0 aliphatic carbocycles. The molecule has 1 atom stereocenters. The summed E-state index contributed by atoms with van der Waals surface area (Å²) in [7, 11) is 0. The van der Waals surface area contributed by atoms with E-state index >= 15 is 0 Å². The second kappa shape index (κ2) is 3.98. The highest BCUT2D eigenvalue weighted by molar-refractivity contribution is 5.02. The van der Waals surface area contributed by atoms with E-state index in [-0.39, 0.29) is 11.1 Å². The molecule has 0 aromatic rings. The lowest BCUT2D eigenvalue weighted by atomic mass is 9.59. The lowest BCUT2D eigenvalue weighted by molar-refractivity contribution is 0.00841. The molecule has 0 amide bonds. The van der Waals surface area contributed by atoms with E-state index in [1.807, 2.05) is 0 Å². The van der Waals surface area contributed by atoms with Crippen molar-refractivity contribution in [2.45, 2.75) is 86.2 Å². The topological polar surface area (TPSA) is 12.0 Å². The van der Waals surface area contributed by atoms with Gasteiger partial charge in [0.05, 0.1) is 0 Å². The highest BCUT2D eigenvalue weighted by Gasteiger charge is 2.46. The first-order valence-corrected chi connectivity index (χ1v) is 7.07. The Morgan fingerprint density at radius 1 is 0.824 bits per heavy atom. The van der Waals surface area contributed by atoms with Crippen molar-refractivity contribution in [2.75, 3.05) is 0 Å². The average Bonchev–Trinajstić information content (AvgIpc) is 1.93. The van der Waals surface area contributed by atoms with Gasteiger partial charge in [0.1, 0.15) is 0 Å². The molecule has 17 heavy (non-hydrogen) atoms. The summed E-state index contributed by atoms with van der Waals surface area (Å²) in [6.45, 7) is 21.5. The minimum absolute atomic E-state index is 0.198. The maximum Gasteiger partial charge on any atom is 0.0160 e. The Kier molecular flexibility index (Phi) is 3.52. The van der Waals surface area contributed by atoms with Gasteiger partial charge in [-0.1, -0.05) is 34.6 Å². The first kappa shape index (κ1) is 15.0. The predicted molar refractivity (Wildman–Crippen MR) is 77.3 cm³/mol. The minimum Gasteiger partial charge on any atom is -0.307 e. The first-order chi connectivity index (χ1) is 7.28. The first-order valence-electron chi connectivity index (χ1n) is 7.07. The van der Waals surface area contributed by atoms with Gasteiger partial charge in [-0.05, 0) is 57.3 Å². The standard InChI is InChI=1S/C16H33N/c1-12-14(4,5)10-13(2,3)11-15(6,7)17-16(12,8)9/h12,17H,10-11H2,1-9H3. The molecule has 1 unspecified atom stereocenters. The van der Waals surface area contributed by atoms with Gasteiger partial charge in [-0.25, -0.2) is 0 Å². The minimum atomic E-state index is 0.198. The summed E-state index contributed by atoms with van der Waals surface area (Å²) in [6.07, 6.45) is 2.54. The fourth-order valence-electron chi connectivity index (χ4n) is 4.65. The van der Waals surface area contributed by atoms with Crippen molar-refractivity contribution in [3.05, 3.63) is 0 Å². The van der Waals surface area contributed by atoms with E-state index in [4.69, 9.17) is 0 Å². The summed E-state index contributed by atoms with van der Waals surface area (Å²) in [5.74, 6) is 0.661. The fraction of sp³-hybridized carbons (Fsp3) is 1.00. The molecule has 0 spiro atoms. The average molecular weight is 239 g/mol. The van der Waals surface area contributed by atoms with Gasteiger partial charge in [0.15, 0.2) is 0 Å². The summed E-state index contributed by atoms with van der Waals surface area (Å²) in [5, 5.41) is 3.90. The van der Waals surface area contributed by atoms with Gasteiger partial charge in [-0.3, -0.25) is 0 Å². The summed E-state index contributed by atoms with van der Waals surface area (Å²) in [4.78, 5) is 0. The molecular weight excluding hydrogens is 206 g/mol. The number of rotatable bonds is 0. The maximum atomic E-state index is 3.90. The molecule has 1 nitrogen and oxygen atoms in total. The Morgan fingerprint density at radius 2 is 1.29 bits per heavy atom. The van der Waals surface area contributed by atoms with Gasteiger partial charge in [-0.2, -0.15) is 0 Å². The predicted octanol–water partition coefficient (Wildman–Crippen LogP) is 4.62. The molecule has 0 aromatic heterocycles. The second-order valence-corrected chi connectivity index (χ2v) is 8.96. The van der Waals surface area contributed by atoms with Crippen LogP contribution in [0, 0.1) is 16.7 Å². The van der Waals surface area contributed by atoms with Crippen molar-refractivity contribution < 1.29 is 0 Å². The van der Waals surface area contributed by atoms with E-state index in [9.17, 15) is 0 Å². The Balaban J connectivity index is 3.12. The third-order valence-electron chi connectivity index (χ3n) is 4.77. The summed E-state index contributed by atoms with van der Waals surface area (Å²) in [5.41, 5.74) is 1.21. The summed E-state index contributed by atoms with van der Waals surface area (Å²) in [6, 6.07) is 0. The molecule has 1 heterocycles. The second-order valence-electron chi connectivity index (χ2n) is 8.96. The van der Waals surface area contributed by atoms with Crippen LogP contribution < -0.4 is 5.32 Å². The fourth-order valence-corrected chi connectivity index (χ4v) is 4.65. The van der Waals surface area contributed by atoms with Crippen molar-refractivity contribution in [2.24, 2.45) is 16.7 Å². The number of hydrogen-bond acceptors (Lipinski definition) is 1. The molecule has 1 saturated heterocycles. The third-order valence-corrected chi connectivity index (χ3v) is 4.77. The molecule has 1 aliphatic rings. The number of hydrogen-bond donors (Lipinski definition) is 1. The van der Waals surface area contributed by atoms with Crippen LogP contribution in [-0.4, -0.2) is 11.1 Å². The van der Waals surface area contributed by atoms with E-state index < -0.39 is 0 Å². The van der Waals surface area contributed by atoms with Crippen LogP contribution >= 0.6 is 0 Å². The van der Waals surface area contributed by atoms with Crippen LogP contribution in [0.25, 0.3) is 0 Å². The van der Waals surface area contributed by atoms with Crippen LogP contribution in [-0.2, 0) is 0 Å². The molecule has 1 rings (SSSR count). The summed E-state index contributed by atoms with van der Waals surface area (Å²) < 4.78 is 0. The molecule has 0 bridgehead atoms. The molecule has 1 N–H and O–H groups in total. The zero-order valence-corrected chi connectivity index (χ0v) is 13.5. The van der Waals surface area contributed by atoms with Crippen LogP contribution in [0.4, 0.5) is 0 Å². The normalized spacial score (nSPS) is 34.8. The molecule has 102 valence electrons. The van der Waals surface area contributed by atoms with Gasteiger partial charge in [-0.15, -0.1) is 0 Å². The Labute approximate surface area is 109 Å². The Hall–Kier alpha value is -0.0400. The lowest BCUT2D eigenvalue weighted by Crippen LogP contribution is -2.61. The van der Waals surface area contributed by atoms with Crippen molar-refractivity contribution in [1.82, 2.24) is 5.32 Å². The maximum absolute atomic E-state index is 3.90. The van der Waals surface area contributed by atoms with Gasteiger partial charge in [0.2, 0.25) is 0 Å². The molecule has 1 fully saturated rings. The highest BCUT2D eigenvalue weighted by Crippen LogP contribution is 2.48. The van der Waals surface area contributed by atoms with Crippen LogP contribution in [0.3, 0.4) is 0 Å². The highest BCUT2D eigenvalue weighted by atomic mass is 15.0. The van der Waals surface area contributed by atoms with Gasteiger partial charge >= 0.3 is 0 Å². The third kappa shape index (κ3) is 3.47. The van der Waals surface area contributed by atoms with E-state index in [1.54, 1.807) is 0 Å². The van der Waals surface area contributed by atoms with Gasteiger partial charge in [0.25, 0.3) is 0 Å². The molecule has 0 aromatic carbocycles. The monoisotopic (exact) mass is 239 g/mol. The van der Waals surface area contributed by atoms with Crippen LogP contribution in [0.2, 0.25) is 0 Å². The molecule has 0 saturated carbocycles. The van der Waals surface area contributed by atoms with E-state index in [0.717, 1.165) is 0 Å². The smallest absolute Gasteiger partial charge is 0.0160 e. The SMILES string of the molecule is CC1C(C)(C)CC(C)(C)CC(C)(C)NC1(C)C. The van der Waals surface area contributed by atoms with Crippen LogP contribution in [0.1, 0.15) is 75.2 Å². The van der Waals surface area contributed by atoms with Crippen molar-refractivity contribution in [3.63, 3.8) is 0 Å². The Bertz CT molecular complexity index is 256. The molecular formula is C16H33N. The van der Waals surface area contributed by atoms with Crippen molar-refractivity contribution in [1.29, 1.82) is 0 Å². The largest absolute Gasteiger partial charge is 0.307 e. The van der Waals surface area contributed by atoms with E-state index in [2.05, 4.69) is 67.6 Å². The van der Waals surface area contributed by atoms with Crippen LogP contribution in [0.15, 0.2) is 0 Å². The molecule has 0 radical (unpaired) electrons. The lowest BCUT2D eigenvalue weighted by Gasteiger charge is -2.54. The molecule has 1 aliphatic heterocycles. The molecule has 1 heteroatoms. The van der Waals surface area contributed by atoms with Gasteiger partial charge < -0.3 is 5.32 Å². The van der Waals surface area contributed by atoms with E-state index in [0.29, 0.717) is 16.7 Å². The van der Waals surface area contributed by atoms with Crippen LogP contribution in [0.5, 0.6) is 0 Å². The summed E-state index contributed by atoms with van der Waals surface area (Å²) >= 11 is 0. The zero-order valence-electron chi connectivity index (χ0n) is 13.5.